The summed E-state index contributed by atoms with van der Waals surface area (Å²) in [5.41, 5.74) is 7.19. The second-order valence-corrected chi connectivity index (χ2v) is 7.84. The molecule has 11 nitrogen and oxygen atoms in total. The molecule has 1 saturated heterocycles. The summed E-state index contributed by atoms with van der Waals surface area (Å²) >= 11 is 0. The molecule has 0 unspecified atom stereocenters. The molecular weight excluding hydrogens is 454 g/mol. The number of aliphatic hydroxyl groups excluding tert-OH is 1. The number of carbonyl (C=O) groups is 2. The first-order chi connectivity index (χ1) is 17.0. The van der Waals surface area contributed by atoms with Crippen LogP contribution in [0.1, 0.15) is 26.9 Å². The lowest BCUT2D eigenvalue weighted by molar-refractivity contribution is -0.0585. The molecule has 0 saturated carbocycles. The van der Waals surface area contributed by atoms with Crippen molar-refractivity contribution < 1.29 is 28.9 Å². The smallest absolute Gasteiger partial charge is 0.338 e. The average molecular weight is 475 g/mol. The van der Waals surface area contributed by atoms with Crippen LogP contribution in [0.15, 0.2) is 73.3 Å². The fraction of sp³-hybridized carbons (Fsp3) is 0.208. The molecule has 2 aromatic carbocycles. The summed E-state index contributed by atoms with van der Waals surface area (Å²) in [5.74, 6) is -1.06. The minimum Gasteiger partial charge on any atom is -0.459 e. The summed E-state index contributed by atoms with van der Waals surface area (Å²) in [6, 6.07) is 16.8. The first-order valence-electron chi connectivity index (χ1n) is 10.8. The van der Waals surface area contributed by atoms with Gasteiger partial charge in [-0.3, -0.25) is 4.57 Å². The Morgan fingerprint density at radius 3 is 2.31 bits per heavy atom. The Labute approximate surface area is 199 Å². The van der Waals surface area contributed by atoms with Gasteiger partial charge in [0.2, 0.25) is 0 Å². The summed E-state index contributed by atoms with van der Waals surface area (Å²) in [5, 5.41) is 11.1. The number of anilines is 1. The van der Waals surface area contributed by atoms with Crippen molar-refractivity contribution in [3.8, 4) is 0 Å². The highest BCUT2D eigenvalue weighted by molar-refractivity contribution is 5.90. The highest BCUT2D eigenvalue weighted by Gasteiger charge is 2.48. The first kappa shape index (κ1) is 22.4. The maximum atomic E-state index is 12.7. The van der Waals surface area contributed by atoms with Crippen LogP contribution in [-0.2, 0) is 14.2 Å². The van der Waals surface area contributed by atoms with Gasteiger partial charge in [-0.05, 0) is 24.3 Å². The topological polar surface area (TPSA) is 152 Å². The third kappa shape index (κ3) is 4.42. The summed E-state index contributed by atoms with van der Waals surface area (Å²) in [6.07, 6.45) is -1.80. The first-order valence-corrected chi connectivity index (χ1v) is 10.8. The van der Waals surface area contributed by atoms with E-state index in [0.717, 1.165) is 0 Å². The van der Waals surface area contributed by atoms with Gasteiger partial charge in [0.1, 0.15) is 30.7 Å². The van der Waals surface area contributed by atoms with E-state index < -0.39 is 36.5 Å². The molecule has 0 radical (unpaired) electrons. The van der Waals surface area contributed by atoms with Crippen molar-refractivity contribution in [2.75, 3.05) is 12.3 Å². The van der Waals surface area contributed by atoms with Crippen LogP contribution in [0.25, 0.3) is 11.2 Å². The zero-order chi connectivity index (χ0) is 24.4. The number of nitrogens with zero attached hydrogens (tertiary/aromatic N) is 4. The molecule has 4 atom stereocenters. The monoisotopic (exact) mass is 475 g/mol. The van der Waals surface area contributed by atoms with E-state index in [1.54, 1.807) is 60.7 Å². The number of nitrogens with two attached hydrogens (primary N) is 1. The second kappa shape index (κ2) is 9.49. The van der Waals surface area contributed by atoms with Gasteiger partial charge >= 0.3 is 11.9 Å². The number of fused-ring (bicyclic) bond motifs is 1. The quantitative estimate of drug-likeness (QED) is 0.395. The van der Waals surface area contributed by atoms with Crippen LogP contribution in [0.2, 0.25) is 0 Å². The van der Waals surface area contributed by atoms with Crippen molar-refractivity contribution in [3.63, 3.8) is 0 Å². The van der Waals surface area contributed by atoms with Crippen LogP contribution in [0.4, 0.5) is 5.82 Å². The Balaban J connectivity index is 1.40. The number of imidazole rings is 1. The number of esters is 2. The number of carbonyl (C=O) groups excluding carboxylic acids is 2. The fourth-order valence-corrected chi connectivity index (χ4v) is 3.87. The number of nitrogen functional groups attached to an aromatic ring is 1. The van der Waals surface area contributed by atoms with Gasteiger partial charge in [-0.25, -0.2) is 24.5 Å². The van der Waals surface area contributed by atoms with Crippen molar-refractivity contribution in [2.24, 2.45) is 0 Å². The fourth-order valence-electron chi connectivity index (χ4n) is 3.87. The molecule has 0 aliphatic carbocycles. The van der Waals surface area contributed by atoms with Crippen LogP contribution in [0, 0.1) is 0 Å². The van der Waals surface area contributed by atoms with Crippen molar-refractivity contribution in [2.45, 2.75) is 24.5 Å². The minimum atomic E-state index is -1.32. The summed E-state index contributed by atoms with van der Waals surface area (Å²) in [7, 11) is 0. The molecule has 35 heavy (non-hydrogen) atoms. The van der Waals surface area contributed by atoms with E-state index in [2.05, 4.69) is 15.0 Å². The lowest BCUT2D eigenvalue weighted by Crippen LogP contribution is -2.38. The van der Waals surface area contributed by atoms with Crippen LogP contribution >= 0.6 is 0 Å². The van der Waals surface area contributed by atoms with Crippen LogP contribution in [0.3, 0.4) is 0 Å². The molecule has 4 aromatic rings. The Kier molecular flexibility index (Phi) is 6.08. The largest absolute Gasteiger partial charge is 0.459 e. The highest BCUT2D eigenvalue weighted by atomic mass is 16.6. The molecule has 1 aliphatic rings. The SMILES string of the molecule is Nc1ncnc2c1ncn2[C@H]1O[C@@H](COC(=O)c2ccccc2)[C@@H](OC(=O)c2ccccc2)[C@@H]1O. The van der Waals surface area contributed by atoms with Gasteiger partial charge in [0.15, 0.2) is 23.8 Å². The molecular formula is C24H21N5O6. The van der Waals surface area contributed by atoms with Gasteiger partial charge in [0.25, 0.3) is 0 Å². The molecule has 1 fully saturated rings. The van der Waals surface area contributed by atoms with Crippen molar-refractivity contribution in [1.29, 1.82) is 0 Å². The van der Waals surface area contributed by atoms with Gasteiger partial charge in [-0.2, -0.15) is 0 Å². The molecule has 11 heteroatoms. The van der Waals surface area contributed by atoms with E-state index in [4.69, 9.17) is 19.9 Å². The highest BCUT2D eigenvalue weighted by Crippen LogP contribution is 2.34. The van der Waals surface area contributed by atoms with E-state index in [0.29, 0.717) is 22.3 Å². The van der Waals surface area contributed by atoms with Gasteiger partial charge in [-0.15, -0.1) is 0 Å². The van der Waals surface area contributed by atoms with Gasteiger partial charge in [0, 0.05) is 0 Å². The predicted octanol–water partition coefficient (Wildman–Crippen LogP) is 1.75. The van der Waals surface area contributed by atoms with E-state index in [1.165, 1.54) is 17.2 Å². The third-order valence-electron chi connectivity index (χ3n) is 5.61. The Morgan fingerprint density at radius 1 is 0.971 bits per heavy atom. The second-order valence-electron chi connectivity index (χ2n) is 7.84. The predicted molar refractivity (Wildman–Crippen MR) is 122 cm³/mol. The summed E-state index contributed by atoms with van der Waals surface area (Å²) in [6.45, 7) is -0.266. The lowest BCUT2D eigenvalue weighted by atomic mass is 10.1. The summed E-state index contributed by atoms with van der Waals surface area (Å²) < 4.78 is 18.5. The zero-order valence-electron chi connectivity index (χ0n) is 18.3. The average Bonchev–Trinajstić information content (AvgIpc) is 3.45. The lowest BCUT2D eigenvalue weighted by Gasteiger charge is -2.20. The number of rotatable bonds is 6. The van der Waals surface area contributed by atoms with Crippen LogP contribution in [-0.4, -0.2) is 61.5 Å². The van der Waals surface area contributed by atoms with Gasteiger partial charge in [-0.1, -0.05) is 36.4 Å². The van der Waals surface area contributed by atoms with Crippen LogP contribution < -0.4 is 5.73 Å². The molecule has 2 aromatic heterocycles. The minimum absolute atomic E-state index is 0.168. The standard InChI is InChI=1S/C24H21N5O6/c25-20-17-21(27-12-26-20)29(13-28-17)22-18(30)19(35-24(32)15-9-5-2-6-10-15)16(34-22)11-33-23(31)14-7-3-1-4-8-14/h1-10,12-13,16,18-19,22,30H,11H2,(H2,25,26,27)/t16-,18-,19+,22-/m0/s1. The van der Waals surface area contributed by atoms with E-state index in [9.17, 15) is 14.7 Å². The molecule has 178 valence electrons. The third-order valence-corrected chi connectivity index (χ3v) is 5.61. The van der Waals surface area contributed by atoms with Gasteiger partial charge in [0.05, 0.1) is 17.5 Å². The molecule has 0 amide bonds. The van der Waals surface area contributed by atoms with E-state index >= 15 is 0 Å². The number of ether oxygens (including phenoxy) is 3. The van der Waals surface area contributed by atoms with E-state index in [1.807, 2.05) is 0 Å². The molecule has 1 aliphatic heterocycles. The van der Waals surface area contributed by atoms with Crippen molar-refractivity contribution in [1.82, 2.24) is 19.5 Å². The number of aliphatic hydroxyl groups is 1. The zero-order valence-corrected chi connectivity index (χ0v) is 18.3. The van der Waals surface area contributed by atoms with Crippen molar-refractivity contribution in [3.05, 3.63) is 84.4 Å². The number of benzene rings is 2. The van der Waals surface area contributed by atoms with Crippen molar-refractivity contribution >= 4 is 28.9 Å². The number of hydrogen-bond donors (Lipinski definition) is 2. The molecule has 0 spiro atoms. The number of aromatic nitrogens is 4. The maximum absolute atomic E-state index is 12.7. The number of hydrogen-bond acceptors (Lipinski definition) is 10. The Morgan fingerprint density at radius 2 is 1.63 bits per heavy atom. The molecule has 3 heterocycles. The summed E-state index contributed by atoms with van der Waals surface area (Å²) in [4.78, 5) is 37.5. The van der Waals surface area contributed by atoms with Crippen LogP contribution in [0.5, 0.6) is 0 Å². The molecule has 5 rings (SSSR count). The van der Waals surface area contributed by atoms with E-state index in [-0.39, 0.29) is 12.4 Å². The Hall–Kier alpha value is -4.35. The Bertz CT molecular complexity index is 1350. The van der Waals surface area contributed by atoms with Gasteiger partial charge < -0.3 is 25.1 Å². The molecule has 3 N–H and O–H groups in total. The maximum Gasteiger partial charge on any atom is 0.338 e. The normalized spacial score (nSPS) is 21.6. The molecule has 0 bridgehead atoms.